The zero-order valence-electron chi connectivity index (χ0n) is 16.1. The van der Waals surface area contributed by atoms with Gasteiger partial charge in [0, 0.05) is 18.5 Å². The number of hydrogen-bond donors (Lipinski definition) is 1. The molecule has 0 aromatic carbocycles. The monoisotopic (exact) mass is 390 g/mol. The van der Waals surface area contributed by atoms with Gasteiger partial charge in [-0.05, 0) is 37.6 Å². The molecule has 0 aliphatic heterocycles. The number of methoxy groups -OCH3 is 1. The highest BCUT2D eigenvalue weighted by atomic mass is 16.6. The van der Waals surface area contributed by atoms with Gasteiger partial charge in [0.05, 0.1) is 30.0 Å². The summed E-state index contributed by atoms with van der Waals surface area (Å²) in [5, 5.41) is 0. The van der Waals surface area contributed by atoms with Crippen molar-refractivity contribution in [2.24, 2.45) is 0 Å². The lowest BCUT2D eigenvalue weighted by Gasteiger charge is -2.10. The molecule has 0 atom stereocenters. The molecule has 29 heavy (non-hydrogen) atoms. The highest BCUT2D eigenvalue weighted by Gasteiger charge is 2.14. The van der Waals surface area contributed by atoms with Crippen LogP contribution in [0.3, 0.4) is 0 Å². The number of nitrogens with zero attached hydrogens (tertiary/aromatic N) is 5. The highest BCUT2D eigenvalue weighted by molar-refractivity contribution is 5.85. The Morgan fingerprint density at radius 1 is 1.10 bits per heavy atom. The van der Waals surface area contributed by atoms with E-state index in [4.69, 9.17) is 9.47 Å². The first-order valence-corrected chi connectivity index (χ1v) is 8.81. The molecule has 0 bridgehead atoms. The van der Waals surface area contributed by atoms with Crippen LogP contribution < -0.4 is 14.9 Å². The van der Waals surface area contributed by atoms with E-state index in [1.807, 2.05) is 31.2 Å². The molecule has 0 saturated carbocycles. The lowest BCUT2D eigenvalue weighted by Crippen LogP contribution is -2.25. The molecule has 4 rings (SSSR count). The zero-order chi connectivity index (χ0) is 20.4. The maximum atomic E-state index is 12.4. The number of rotatable bonds is 4. The second-order valence-electron chi connectivity index (χ2n) is 6.26. The van der Waals surface area contributed by atoms with Crippen LogP contribution in [0.1, 0.15) is 11.3 Å². The quantitative estimate of drug-likeness (QED) is 0.570. The van der Waals surface area contributed by atoms with E-state index in [1.165, 1.54) is 6.20 Å². The number of carbonyl (C=O) groups is 1. The van der Waals surface area contributed by atoms with Gasteiger partial charge in [0.1, 0.15) is 5.69 Å². The van der Waals surface area contributed by atoms with Crippen molar-refractivity contribution in [3.8, 4) is 23.1 Å². The molecule has 4 aromatic heterocycles. The van der Waals surface area contributed by atoms with Crippen molar-refractivity contribution in [1.82, 2.24) is 24.6 Å². The smallest absolute Gasteiger partial charge is 0.432 e. The Hall–Kier alpha value is -4.01. The third-order valence-electron chi connectivity index (χ3n) is 4.26. The minimum Gasteiger partial charge on any atom is -0.481 e. The fraction of sp³-hybridized carbons (Fsp3) is 0.150. The first-order chi connectivity index (χ1) is 14.0. The van der Waals surface area contributed by atoms with E-state index in [1.54, 1.807) is 37.2 Å². The second-order valence-corrected chi connectivity index (χ2v) is 6.26. The van der Waals surface area contributed by atoms with Crippen molar-refractivity contribution in [3.63, 3.8) is 0 Å². The molecule has 0 spiro atoms. The minimum absolute atomic E-state index is 0.259. The van der Waals surface area contributed by atoms with Crippen molar-refractivity contribution in [1.29, 1.82) is 0 Å². The maximum absolute atomic E-state index is 12.4. The Kier molecular flexibility index (Phi) is 4.78. The molecule has 0 aliphatic rings. The number of nitrogens with one attached hydrogen (secondary N) is 1. The second kappa shape index (κ2) is 7.55. The number of pyridine rings is 2. The van der Waals surface area contributed by atoms with E-state index in [0.29, 0.717) is 23.1 Å². The normalized spacial score (nSPS) is 10.7. The van der Waals surface area contributed by atoms with E-state index >= 15 is 0 Å². The summed E-state index contributed by atoms with van der Waals surface area (Å²) in [7, 11) is 1.56. The van der Waals surface area contributed by atoms with E-state index in [9.17, 15) is 4.79 Å². The Morgan fingerprint density at radius 2 is 1.97 bits per heavy atom. The summed E-state index contributed by atoms with van der Waals surface area (Å²) in [6.45, 7) is 3.63. The summed E-state index contributed by atoms with van der Waals surface area (Å²) in [6.07, 6.45) is 4.21. The molecule has 9 heteroatoms. The predicted molar refractivity (Wildman–Crippen MR) is 106 cm³/mol. The molecule has 9 nitrogen and oxygen atoms in total. The number of aryl methyl sites for hydroxylation is 2. The van der Waals surface area contributed by atoms with Gasteiger partial charge in [-0.3, -0.25) is 9.66 Å². The Balaban J connectivity index is 1.52. The van der Waals surface area contributed by atoms with Gasteiger partial charge in [-0.1, -0.05) is 6.07 Å². The molecular formula is C20H18N6O3. The van der Waals surface area contributed by atoms with E-state index in [-0.39, 0.29) is 5.75 Å². The van der Waals surface area contributed by atoms with Crippen molar-refractivity contribution in [2.75, 3.05) is 12.5 Å². The SMILES string of the molecule is COc1ccc2c(n1)c(C)cn2NC(=O)Oc1cnc(-c2ccccn2)nc1C. The molecule has 0 aliphatic carbocycles. The van der Waals surface area contributed by atoms with Crippen molar-refractivity contribution >= 4 is 17.1 Å². The summed E-state index contributed by atoms with van der Waals surface area (Å²) in [4.78, 5) is 29.6. The van der Waals surface area contributed by atoms with Crippen molar-refractivity contribution in [3.05, 3.63) is 60.2 Å². The van der Waals surface area contributed by atoms with Crippen LogP contribution in [0.2, 0.25) is 0 Å². The van der Waals surface area contributed by atoms with Gasteiger partial charge < -0.3 is 9.47 Å². The van der Waals surface area contributed by atoms with Crippen LogP contribution in [0, 0.1) is 13.8 Å². The van der Waals surface area contributed by atoms with E-state index < -0.39 is 6.09 Å². The topological polar surface area (TPSA) is 104 Å². The average Bonchev–Trinajstić information content (AvgIpc) is 3.04. The van der Waals surface area contributed by atoms with Gasteiger partial charge in [0.15, 0.2) is 11.6 Å². The van der Waals surface area contributed by atoms with Crippen LogP contribution in [-0.2, 0) is 0 Å². The van der Waals surface area contributed by atoms with Crippen molar-refractivity contribution in [2.45, 2.75) is 13.8 Å². The highest BCUT2D eigenvalue weighted by Crippen LogP contribution is 2.22. The minimum atomic E-state index is -0.671. The average molecular weight is 390 g/mol. The largest absolute Gasteiger partial charge is 0.481 e. The lowest BCUT2D eigenvalue weighted by atomic mass is 10.3. The summed E-state index contributed by atoms with van der Waals surface area (Å²) < 4.78 is 12.1. The van der Waals surface area contributed by atoms with E-state index in [2.05, 4.69) is 25.4 Å². The summed E-state index contributed by atoms with van der Waals surface area (Å²) in [6, 6.07) is 9.01. The maximum Gasteiger partial charge on any atom is 0.432 e. The number of amides is 1. The van der Waals surface area contributed by atoms with Gasteiger partial charge in [-0.15, -0.1) is 0 Å². The van der Waals surface area contributed by atoms with Gasteiger partial charge >= 0.3 is 6.09 Å². The predicted octanol–water partition coefficient (Wildman–Crippen LogP) is 3.26. The van der Waals surface area contributed by atoms with Crippen LogP contribution in [0.5, 0.6) is 11.6 Å². The molecule has 4 heterocycles. The number of ether oxygens (including phenoxy) is 2. The molecule has 0 saturated heterocycles. The molecule has 0 unspecified atom stereocenters. The summed E-state index contributed by atoms with van der Waals surface area (Å²) in [5.74, 6) is 1.22. The van der Waals surface area contributed by atoms with Crippen LogP contribution in [0.25, 0.3) is 22.6 Å². The number of hydrogen-bond acceptors (Lipinski definition) is 7. The number of carbonyl (C=O) groups excluding carboxylic acids is 1. The molecule has 1 N–H and O–H groups in total. The number of fused-ring (bicyclic) bond motifs is 1. The third-order valence-corrected chi connectivity index (χ3v) is 4.26. The molecule has 4 aromatic rings. The Morgan fingerprint density at radius 3 is 2.69 bits per heavy atom. The van der Waals surface area contributed by atoms with Crippen LogP contribution in [0.15, 0.2) is 48.9 Å². The van der Waals surface area contributed by atoms with Crippen LogP contribution in [0.4, 0.5) is 4.79 Å². The van der Waals surface area contributed by atoms with Crippen molar-refractivity contribution < 1.29 is 14.3 Å². The van der Waals surface area contributed by atoms with Crippen LogP contribution in [-0.4, -0.2) is 37.8 Å². The lowest BCUT2D eigenvalue weighted by molar-refractivity contribution is 0.211. The molecule has 146 valence electrons. The molecule has 0 fully saturated rings. The van der Waals surface area contributed by atoms with Crippen LogP contribution >= 0.6 is 0 Å². The zero-order valence-corrected chi connectivity index (χ0v) is 16.1. The van der Waals surface area contributed by atoms with Gasteiger partial charge in [0.25, 0.3) is 0 Å². The van der Waals surface area contributed by atoms with E-state index in [0.717, 1.165) is 16.6 Å². The summed E-state index contributed by atoms with van der Waals surface area (Å²) in [5.41, 5.74) is 6.17. The molecule has 0 radical (unpaired) electrons. The Labute approximate surface area is 166 Å². The fourth-order valence-electron chi connectivity index (χ4n) is 2.84. The molecular weight excluding hydrogens is 372 g/mol. The Bertz CT molecular complexity index is 1190. The van der Waals surface area contributed by atoms with Gasteiger partial charge in [0.2, 0.25) is 5.88 Å². The standard InChI is InChI=1S/C20H18N6O3/c1-12-11-26(15-7-8-17(28-3)24-18(12)15)25-20(27)29-16-10-22-19(23-13(16)2)14-6-4-5-9-21-14/h4-11H,1-3H3,(H,25,27). The first-order valence-electron chi connectivity index (χ1n) is 8.81. The van der Waals surface area contributed by atoms with Gasteiger partial charge in [-0.2, -0.15) is 0 Å². The number of aromatic nitrogens is 5. The summed E-state index contributed by atoms with van der Waals surface area (Å²) >= 11 is 0. The fourth-order valence-corrected chi connectivity index (χ4v) is 2.84. The van der Waals surface area contributed by atoms with Gasteiger partial charge in [-0.25, -0.2) is 25.2 Å². The molecule has 1 amide bonds. The first kappa shape index (κ1) is 18.4. The third kappa shape index (κ3) is 3.70.